The van der Waals surface area contributed by atoms with Gasteiger partial charge in [0.1, 0.15) is 5.82 Å². The zero-order valence-electron chi connectivity index (χ0n) is 14.8. The first-order valence-electron chi connectivity index (χ1n) is 9.00. The topological polar surface area (TPSA) is 29.1 Å². The van der Waals surface area contributed by atoms with Crippen LogP contribution in [0, 0.1) is 5.82 Å². The van der Waals surface area contributed by atoms with Gasteiger partial charge >= 0.3 is 6.18 Å². The SMILES string of the molecule is O=C(N[C@@H]1CC[C@@H]1c1ccc(F)c2ccccc12)c1ccccc1C(F)(F)F. The quantitative estimate of drug-likeness (QED) is 0.576. The number of alkyl halides is 3. The fraction of sp³-hybridized carbons (Fsp3) is 0.227. The van der Waals surface area contributed by atoms with Gasteiger partial charge in [0.25, 0.3) is 5.91 Å². The molecule has 1 fully saturated rings. The fourth-order valence-corrected chi connectivity index (χ4v) is 3.83. The Morgan fingerprint density at radius 1 is 0.893 bits per heavy atom. The Labute approximate surface area is 159 Å². The van der Waals surface area contributed by atoms with Gasteiger partial charge in [-0.1, -0.05) is 42.5 Å². The van der Waals surface area contributed by atoms with Gasteiger partial charge in [-0.15, -0.1) is 0 Å². The minimum Gasteiger partial charge on any atom is -0.349 e. The zero-order valence-corrected chi connectivity index (χ0v) is 14.8. The maximum Gasteiger partial charge on any atom is 0.417 e. The maximum absolute atomic E-state index is 14.1. The van der Waals surface area contributed by atoms with Crippen molar-refractivity contribution in [2.45, 2.75) is 31.0 Å². The van der Waals surface area contributed by atoms with Crippen LogP contribution in [0.2, 0.25) is 0 Å². The van der Waals surface area contributed by atoms with E-state index in [1.54, 1.807) is 18.2 Å². The van der Waals surface area contributed by atoms with Crippen LogP contribution in [0.1, 0.15) is 40.2 Å². The van der Waals surface area contributed by atoms with Crippen LogP contribution in [0.5, 0.6) is 0 Å². The van der Waals surface area contributed by atoms with Crippen molar-refractivity contribution in [3.63, 3.8) is 0 Å². The molecule has 144 valence electrons. The number of nitrogens with one attached hydrogen (secondary N) is 1. The standard InChI is InChI=1S/C22H17F4NO/c23-19-11-9-14(13-5-1-2-6-15(13)19)16-10-12-20(16)27-21(28)17-7-3-4-8-18(17)22(24,25)26/h1-9,11,16,20H,10,12H2,(H,27,28)/t16-,20-/m1/s1. The second-order valence-corrected chi connectivity index (χ2v) is 6.99. The highest BCUT2D eigenvalue weighted by Crippen LogP contribution is 2.41. The molecule has 2 atom stereocenters. The molecule has 3 aromatic carbocycles. The molecule has 0 heterocycles. The predicted molar refractivity (Wildman–Crippen MR) is 98.6 cm³/mol. The molecule has 1 amide bonds. The van der Waals surface area contributed by atoms with E-state index in [4.69, 9.17) is 0 Å². The molecule has 0 saturated heterocycles. The van der Waals surface area contributed by atoms with Crippen molar-refractivity contribution >= 4 is 16.7 Å². The molecule has 0 aromatic heterocycles. The fourth-order valence-electron chi connectivity index (χ4n) is 3.83. The maximum atomic E-state index is 14.1. The summed E-state index contributed by atoms with van der Waals surface area (Å²) in [4.78, 5) is 12.5. The summed E-state index contributed by atoms with van der Waals surface area (Å²) in [6.07, 6.45) is -3.15. The van der Waals surface area contributed by atoms with Crippen LogP contribution in [-0.4, -0.2) is 11.9 Å². The highest BCUT2D eigenvalue weighted by atomic mass is 19.4. The number of carbonyl (C=O) groups is 1. The lowest BCUT2D eigenvalue weighted by molar-refractivity contribution is -0.137. The summed E-state index contributed by atoms with van der Waals surface area (Å²) in [5, 5.41) is 4.01. The Kier molecular flexibility index (Phi) is 4.57. The largest absolute Gasteiger partial charge is 0.417 e. The third kappa shape index (κ3) is 3.23. The number of rotatable bonds is 3. The summed E-state index contributed by atoms with van der Waals surface area (Å²) < 4.78 is 53.6. The Bertz CT molecular complexity index is 1040. The molecule has 0 spiro atoms. The molecule has 1 saturated carbocycles. The van der Waals surface area contributed by atoms with E-state index in [2.05, 4.69) is 5.32 Å². The van der Waals surface area contributed by atoms with Crippen molar-refractivity contribution in [1.29, 1.82) is 0 Å². The van der Waals surface area contributed by atoms with Crippen LogP contribution in [0.15, 0.2) is 60.7 Å². The molecule has 28 heavy (non-hydrogen) atoms. The third-order valence-corrected chi connectivity index (χ3v) is 5.37. The van der Waals surface area contributed by atoms with Crippen LogP contribution in [0.3, 0.4) is 0 Å². The third-order valence-electron chi connectivity index (χ3n) is 5.37. The first-order chi connectivity index (χ1) is 13.4. The smallest absolute Gasteiger partial charge is 0.349 e. The zero-order chi connectivity index (χ0) is 19.9. The van der Waals surface area contributed by atoms with E-state index in [1.807, 2.05) is 12.1 Å². The van der Waals surface area contributed by atoms with Gasteiger partial charge in [0.05, 0.1) is 11.1 Å². The second-order valence-electron chi connectivity index (χ2n) is 6.99. The minimum atomic E-state index is -4.60. The molecule has 6 heteroatoms. The number of amides is 1. The number of hydrogen-bond acceptors (Lipinski definition) is 1. The molecule has 2 nitrogen and oxygen atoms in total. The molecule has 4 rings (SSSR count). The van der Waals surface area contributed by atoms with E-state index in [0.29, 0.717) is 11.8 Å². The first kappa shape index (κ1) is 18.5. The average molecular weight is 387 g/mol. The summed E-state index contributed by atoms with van der Waals surface area (Å²) >= 11 is 0. The molecular weight excluding hydrogens is 370 g/mol. The van der Waals surface area contributed by atoms with Crippen LogP contribution in [0.4, 0.5) is 17.6 Å². The van der Waals surface area contributed by atoms with Crippen molar-refractivity contribution in [3.8, 4) is 0 Å². The molecule has 0 radical (unpaired) electrons. The number of fused-ring (bicyclic) bond motifs is 1. The van der Waals surface area contributed by atoms with E-state index in [-0.39, 0.29) is 23.3 Å². The van der Waals surface area contributed by atoms with E-state index in [1.165, 1.54) is 24.3 Å². The molecule has 0 unspecified atom stereocenters. The van der Waals surface area contributed by atoms with E-state index in [9.17, 15) is 22.4 Å². The Hall–Kier alpha value is -2.89. The van der Waals surface area contributed by atoms with Gasteiger partial charge in [-0.25, -0.2) is 4.39 Å². The Morgan fingerprint density at radius 3 is 2.25 bits per heavy atom. The highest BCUT2D eigenvalue weighted by Gasteiger charge is 2.38. The summed E-state index contributed by atoms with van der Waals surface area (Å²) in [7, 11) is 0. The lowest BCUT2D eigenvalue weighted by Gasteiger charge is -2.38. The monoisotopic (exact) mass is 387 g/mol. The van der Waals surface area contributed by atoms with Gasteiger partial charge in [0, 0.05) is 17.3 Å². The van der Waals surface area contributed by atoms with Gasteiger partial charge in [0.15, 0.2) is 0 Å². The second kappa shape index (κ2) is 6.93. The van der Waals surface area contributed by atoms with Crippen molar-refractivity contribution in [2.75, 3.05) is 0 Å². The van der Waals surface area contributed by atoms with Crippen molar-refractivity contribution in [1.82, 2.24) is 5.32 Å². The van der Waals surface area contributed by atoms with Crippen LogP contribution >= 0.6 is 0 Å². The summed E-state index contributed by atoms with van der Waals surface area (Å²) in [5.41, 5.74) is -0.433. The number of benzene rings is 3. The van der Waals surface area contributed by atoms with Crippen LogP contribution < -0.4 is 5.32 Å². The lowest BCUT2D eigenvalue weighted by Crippen LogP contribution is -2.45. The molecule has 0 aliphatic heterocycles. The predicted octanol–water partition coefficient (Wildman–Crippen LogP) is 5.67. The highest BCUT2D eigenvalue weighted by molar-refractivity contribution is 5.96. The van der Waals surface area contributed by atoms with Crippen molar-refractivity contribution in [2.24, 2.45) is 0 Å². The normalized spacial score (nSPS) is 19.3. The van der Waals surface area contributed by atoms with E-state index in [0.717, 1.165) is 23.4 Å². The van der Waals surface area contributed by atoms with E-state index >= 15 is 0 Å². The van der Waals surface area contributed by atoms with Gasteiger partial charge in [-0.2, -0.15) is 13.2 Å². The molecule has 0 bridgehead atoms. The summed E-state index contributed by atoms with van der Waals surface area (Å²) in [6, 6.07) is 14.6. The average Bonchev–Trinajstić information content (AvgIpc) is 2.66. The molecule has 3 aromatic rings. The van der Waals surface area contributed by atoms with E-state index < -0.39 is 17.6 Å². The van der Waals surface area contributed by atoms with Gasteiger partial charge < -0.3 is 5.32 Å². The van der Waals surface area contributed by atoms with Gasteiger partial charge in [-0.05, 0) is 42.0 Å². The van der Waals surface area contributed by atoms with Crippen LogP contribution in [0.25, 0.3) is 10.8 Å². The first-order valence-corrected chi connectivity index (χ1v) is 9.00. The number of hydrogen-bond donors (Lipinski definition) is 1. The van der Waals surface area contributed by atoms with Crippen LogP contribution in [-0.2, 0) is 6.18 Å². The van der Waals surface area contributed by atoms with Crippen molar-refractivity contribution < 1.29 is 22.4 Å². The molecule has 1 aliphatic carbocycles. The number of halogens is 4. The lowest BCUT2D eigenvalue weighted by atomic mass is 9.73. The molecule has 1 aliphatic rings. The summed E-state index contributed by atoms with van der Waals surface area (Å²) in [6.45, 7) is 0. The Morgan fingerprint density at radius 2 is 1.57 bits per heavy atom. The molecule has 1 N–H and O–H groups in total. The van der Waals surface area contributed by atoms with Crippen molar-refractivity contribution in [3.05, 3.63) is 83.2 Å². The Balaban J connectivity index is 1.60. The molecular formula is C22H17F4NO. The minimum absolute atomic E-state index is 0.0625. The number of carbonyl (C=O) groups excluding carboxylic acids is 1. The van der Waals surface area contributed by atoms with Gasteiger partial charge in [-0.3, -0.25) is 4.79 Å². The van der Waals surface area contributed by atoms with Gasteiger partial charge in [0.2, 0.25) is 0 Å². The summed E-state index contributed by atoms with van der Waals surface area (Å²) in [5.74, 6) is -1.13.